The lowest BCUT2D eigenvalue weighted by Gasteiger charge is -2.33. The number of piperidine rings is 2. The van der Waals surface area contributed by atoms with Crippen LogP contribution >= 0.6 is 0 Å². The van der Waals surface area contributed by atoms with Crippen molar-refractivity contribution in [1.29, 1.82) is 0 Å². The molecule has 0 aromatic heterocycles. The third kappa shape index (κ3) is 5.43. The van der Waals surface area contributed by atoms with Crippen LogP contribution in [-0.2, 0) is 10.0 Å². The second kappa shape index (κ2) is 10.3. The normalized spacial score (nSPS) is 22.1. The van der Waals surface area contributed by atoms with E-state index in [-0.39, 0.29) is 11.9 Å². The number of sulfonamides is 1. The Labute approximate surface area is 187 Å². The lowest BCUT2D eigenvalue weighted by molar-refractivity contribution is 0.0933. The second-order valence-corrected chi connectivity index (χ2v) is 11.3. The number of hydrogen-bond acceptors (Lipinski definition) is 4. The summed E-state index contributed by atoms with van der Waals surface area (Å²) >= 11 is 0. The highest BCUT2D eigenvalue weighted by Gasteiger charge is 2.31. The van der Waals surface area contributed by atoms with E-state index in [2.05, 4.69) is 10.2 Å². The lowest BCUT2D eigenvalue weighted by atomic mass is 10.1. The molecule has 1 aliphatic carbocycles. The van der Waals surface area contributed by atoms with Gasteiger partial charge in [0.1, 0.15) is 4.90 Å². The van der Waals surface area contributed by atoms with Gasteiger partial charge in [0.25, 0.3) is 5.91 Å². The third-order valence-corrected chi connectivity index (χ3v) is 8.97. The van der Waals surface area contributed by atoms with Crippen molar-refractivity contribution in [1.82, 2.24) is 9.62 Å². The Morgan fingerprint density at radius 3 is 2.03 bits per heavy atom. The van der Waals surface area contributed by atoms with Gasteiger partial charge in [-0.25, -0.2) is 8.42 Å². The number of benzene rings is 1. The summed E-state index contributed by atoms with van der Waals surface area (Å²) in [7, 11) is -3.63. The Morgan fingerprint density at radius 2 is 1.39 bits per heavy atom. The first-order chi connectivity index (χ1) is 15.1. The van der Waals surface area contributed by atoms with Gasteiger partial charge in [-0.1, -0.05) is 32.1 Å². The summed E-state index contributed by atoms with van der Waals surface area (Å²) in [6.07, 6.45) is 13.0. The van der Waals surface area contributed by atoms with Gasteiger partial charge < -0.3 is 10.2 Å². The Hall–Kier alpha value is -1.60. The topological polar surface area (TPSA) is 69.7 Å². The molecule has 0 radical (unpaired) electrons. The van der Waals surface area contributed by atoms with Crippen LogP contribution < -0.4 is 10.2 Å². The van der Waals surface area contributed by atoms with E-state index in [1.807, 2.05) is 12.1 Å². The van der Waals surface area contributed by atoms with Gasteiger partial charge in [-0.15, -0.1) is 0 Å². The maximum absolute atomic E-state index is 13.6. The Kier molecular flexibility index (Phi) is 7.54. The fourth-order valence-corrected chi connectivity index (χ4v) is 6.95. The number of nitrogens with one attached hydrogen (secondary N) is 1. The van der Waals surface area contributed by atoms with Gasteiger partial charge in [-0.3, -0.25) is 4.79 Å². The molecule has 172 valence electrons. The average Bonchev–Trinajstić information content (AvgIpc) is 3.08. The van der Waals surface area contributed by atoms with E-state index >= 15 is 0 Å². The van der Waals surface area contributed by atoms with Crippen LogP contribution in [0.3, 0.4) is 0 Å². The zero-order chi connectivity index (χ0) is 21.7. The van der Waals surface area contributed by atoms with Crippen LogP contribution in [0.15, 0.2) is 23.1 Å². The summed E-state index contributed by atoms with van der Waals surface area (Å²) in [6.45, 7) is 2.88. The Balaban J connectivity index is 1.63. The minimum atomic E-state index is -3.63. The molecule has 7 heteroatoms. The highest BCUT2D eigenvalue weighted by Crippen LogP contribution is 2.32. The van der Waals surface area contributed by atoms with Crippen LogP contribution in [0.1, 0.15) is 87.4 Å². The summed E-state index contributed by atoms with van der Waals surface area (Å²) in [6, 6.07) is 5.51. The molecule has 0 atom stereocenters. The van der Waals surface area contributed by atoms with Crippen LogP contribution in [0.25, 0.3) is 0 Å². The minimum absolute atomic E-state index is 0.146. The average molecular weight is 448 g/mol. The highest BCUT2D eigenvalue weighted by molar-refractivity contribution is 7.89. The standard InChI is InChI=1S/C24H37N3O3S/c28-24(25-21-11-5-1-2-6-12-21)20-13-14-22(26-15-7-3-8-16-26)23(19-20)31(29,30)27-17-9-4-10-18-27/h13-14,19,21H,1-12,15-18H2,(H,25,28). The lowest BCUT2D eigenvalue weighted by Crippen LogP contribution is -2.38. The van der Waals surface area contributed by atoms with E-state index in [1.54, 1.807) is 10.4 Å². The van der Waals surface area contributed by atoms with Crippen LogP contribution in [0.4, 0.5) is 5.69 Å². The van der Waals surface area contributed by atoms with Crippen LogP contribution in [0.2, 0.25) is 0 Å². The van der Waals surface area contributed by atoms with Crippen LogP contribution in [0, 0.1) is 0 Å². The molecular weight excluding hydrogens is 410 g/mol. The number of rotatable bonds is 5. The predicted octanol–water partition coefficient (Wildman–Crippen LogP) is 4.30. The molecule has 1 amide bonds. The monoisotopic (exact) mass is 447 g/mol. The molecule has 1 aromatic rings. The number of amides is 1. The van der Waals surface area contributed by atoms with Crippen molar-refractivity contribution in [3.8, 4) is 0 Å². The van der Waals surface area contributed by atoms with E-state index in [1.165, 1.54) is 19.3 Å². The van der Waals surface area contributed by atoms with E-state index < -0.39 is 10.0 Å². The smallest absolute Gasteiger partial charge is 0.251 e. The Bertz CT molecular complexity index is 851. The quantitative estimate of drug-likeness (QED) is 0.683. The molecule has 2 saturated heterocycles. The van der Waals surface area contributed by atoms with Crippen molar-refractivity contribution in [3.63, 3.8) is 0 Å². The number of carbonyl (C=O) groups is 1. The number of carbonyl (C=O) groups excluding carboxylic acids is 1. The zero-order valence-corrected chi connectivity index (χ0v) is 19.5. The SMILES string of the molecule is O=C(NC1CCCCCC1)c1ccc(N2CCCCC2)c(S(=O)(=O)N2CCCCC2)c1. The van der Waals surface area contributed by atoms with Crippen molar-refractivity contribution in [3.05, 3.63) is 23.8 Å². The molecule has 1 N–H and O–H groups in total. The Morgan fingerprint density at radius 1 is 0.806 bits per heavy atom. The van der Waals surface area contributed by atoms with Gasteiger partial charge in [0.15, 0.2) is 0 Å². The summed E-state index contributed by atoms with van der Waals surface area (Å²) < 4.78 is 28.9. The fourth-order valence-electron chi connectivity index (χ4n) is 5.19. The molecule has 4 rings (SSSR count). The first-order valence-electron chi connectivity index (χ1n) is 12.3. The first kappa shape index (κ1) is 22.6. The molecule has 1 saturated carbocycles. The van der Waals surface area contributed by atoms with Gasteiger partial charge in [-0.05, 0) is 63.1 Å². The van der Waals surface area contributed by atoms with Gasteiger partial charge in [-0.2, -0.15) is 4.31 Å². The molecule has 3 aliphatic rings. The van der Waals surface area contributed by atoms with Crippen LogP contribution in [-0.4, -0.2) is 50.9 Å². The number of hydrogen-bond donors (Lipinski definition) is 1. The fraction of sp³-hybridized carbons (Fsp3) is 0.708. The minimum Gasteiger partial charge on any atom is -0.370 e. The molecule has 0 bridgehead atoms. The largest absolute Gasteiger partial charge is 0.370 e. The maximum atomic E-state index is 13.6. The second-order valence-electron chi connectivity index (χ2n) is 9.36. The van der Waals surface area contributed by atoms with Gasteiger partial charge in [0, 0.05) is 37.8 Å². The third-order valence-electron chi connectivity index (χ3n) is 7.04. The van der Waals surface area contributed by atoms with Crippen molar-refractivity contribution < 1.29 is 13.2 Å². The molecular formula is C24H37N3O3S. The van der Waals surface area contributed by atoms with E-state index in [0.717, 1.165) is 76.6 Å². The van der Waals surface area contributed by atoms with Gasteiger partial charge in [0.2, 0.25) is 10.0 Å². The molecule has 6 nitrogen and oxygen atoms in total. The molecule has 1 aromatic carbocycles. The highest BCUT2D eigenvalue weighted by atomic mass is 32.2. The first-order valence-corrected chi connectivity index (χ1v) is 13.7. The molecule has 0 unspecified atom stereocenters. The maximum Gasteiger partial charge on any atom is 0.251 e. The molecule has 2 heterocycles. The number of anilines is 1. The summed E-state index contributed by atoms with van der Waals surface area (Å²) in [5.41, 5.74) is 1.22. The predicted molar refractivity (Wildman–Crippen MR) is 124 cm³/mol. The van der Waals surface area contributed by atoms with Crippen molar-refractivity contribution >= 4 is 21.6 Å². The van der Waals surface area contributed by atoms with Crippen molar-refractivity contribution in [2.75, 3.05) is 31.1 Å². The van der Waals surface area contributed by atoms with Crippen molar-refractivity contribution in [2.45, 2.75) is 88.0 Å². The van der Waals surface area contributed by atoms with Crippen molar-refractivity contribution in [2.24, 2.45) is 0 Å². The van der Waals surface area contributed by atoms with Gasteiger partial charge >= 0.3 is 0 Å². The van der Waals surface area contributed by atoms with E-state index in [9.17, 15) is 13.2 Å². The zero-order valence-electron chi connectivity index (χ0n) is 18.7. The number of nitrogens with zero attached hydrogens (tertiary/aromatic N) is 2. The molecule has 3 fully saturated rings. The van der Waals surface area contributed by atoms with Crippen LogP contribution in [0.5, 0.6) is 0 Å². The van der Waals surface area contributed by atoms with Gasteiger partial charge in [0.05, 0.1) is 5.69 Å². The summed E-state index contributed by atoms with van der Waals surface area (Å²) in [5, 5.41) is 3.17. The molecule has 2 aliphatic heterocycles. The summed E-state index contributed by atoms with van der Waals surface area (Å²) in [5.74, 6) is -0.146. The molecule has 31 heavy (non-hydrogen) atoms. The summed E-state index contributed by atoms with van der Waals surface area (Å²) in [4.78, 5) is 15.5. The van der Waals surface area contributed by atoms with E-state index in [0.29, 0.717) is 23.5 Å². The van der Waals surface area contributed by atoms with E-state index in [4.69, 9.17) is 0 Å². The molecule has 0 spiro atoms.